The SMILES string of the molecule is Cc1ccncc1NC(=O)C[C@H](c1ccsc1)N1CCC(O)CC1. The van der Waals surface area contributed by atoms with Crippen molar-refractivity contribution in [3.8, 4) is 0 Å². The lowest BCUT2D eigenvalue weighted by atomic mass is 10.00. The fourth-order valence-electron chi connectivity index (χ4n) is 3.09. The molecule has 0 aromatic carbocycles. The van der Waals surface area contributed by atoms with Gasteiger partial charge >= 0.3 is 0 Å². The average Bonchev–Trinajstić information content (AvgIpc) is 3.10. The molecule has 0 bridgehead atoms. The second-order valence-corrected chi connectivity index (χ2v) is 7.06. The third-order valence-electron chi connectivity index (χ3n) is 4.56. The molecule has 0 aliphatic carbocycles. The smallest absolute Gasteiger partial charge is 0.226 e. The summed E-state index contributed by atoms with van der Waals surface area (Å²) in [7, 11) is 0. The van der Waals surface area contributed by atoms with Crippen LogP contribution in [-0.4, -0.2) is 40.1 Å². The van der Waals surface area contributed by atoms with E-state index in [-0.39, 0.29) is 18.1 Å². The normalized spacial score (nSPS) is 17.6. The molecule has 24 heavy (non-hydrogen) atoms. The van der Waals surface area contributed by atoms with Gasteiger partial charge in [-0.3, -0.25) is 14.7 Å². The van der Waals surface area contributed by atoms with Gasteiger partial charge in [-0.05, 0) is 53.8 Å². The molecule has 0 saturated carbocycles. The molecule has 1 fully saturated rings. The molecule has 2 aromatic heterocycles. The molecule has 5 nitrogen and oxygen atoms in total. The number of aliphatic hydroxyl groups excluding tert-OH is 1. The van der Waals surface area contributed by atoms with E-state index in [0.29, 0.717) is 6.42 Å². The van der Waals surface area contributed by atoms with Gasteiger partial charge in [-0.2, -0.15) is 11.3 Å². The topological polar surface area (TPSA) is 65.5 Å². The first kappa shape index (κ1) is 17.1. The van der Waals surface area contributed by atoms with E-state index in [1.165, 1.54) is 5.56 Å². The molecule has 1 saturated heterocycles. The molecule has 3 rings (SSSR count). The summed E-state index contributed by atoms with van der Waals surface area (Å²) in [6, 6.07) is 4.03. The van der Waals surface area contributed by atoms with Crippen LogP contribution in [0.15, 0.2) is 35.3 Å². The molecule has 1 aliphatic rings. The minimum absolute atomic E-state index is 0.00609. The molecular formula is C18H23N3O2S. The molecule has 0 unspecified atom stereocenters. The monoisotopic (exact) mass is 345 g/mol. The fraction of sp³-hybridized carbons (Fsp3) is 0.444. The lowest BCUT2D eigenvalue weighted by Gasteiger charge is -2.35. The summed E-state index contributed by atoms with van der Waals surface area (Å²) >= 11 is 1.65. The molecule has 1 amide bonds. The summed E-state index contributed by atoms with van der Waals surface area (Å²) in [6.07, 6.45) is 5.13. The van der Waals surface area contributed by atoms with Crippen molar-refractivity contribution in [1.82, 2.24) is 9.88 Å². The Morgan fingerprint density at radius 1 is 1.46 bits per heavy atom. The van der Waals surface area contributed by atoms with Crippen LogP contribution < -0.4 is 5.32 Å². The van der Waals surface area contributed by atoms with Crippen LogP contribution >= 0.6 is 11.3 Å². The number of pyridine rings is 1. The van der Waals surface area contributed by atoms with Crippen LogP contribution in [0.1, 0.15) is 36.4 Å². The van der Waals surface area contributed by atoms with Gasteiger partial charge in [0.25, 0.3) is 0 Å². The highest BCUT2D eigenvalue weighted by atomic mass is 32.1. The highest BCUT2D eigenvalue weighted by Crippen LogP contribution is 2.29. The van der Waals surface area contributed by atoms with Gasteiger partial charge in [0.15, 0.2) is 0 Å². The Hall–Kier alpha value is -1.76. The first-order valence-electron chi connectivity index (χ1n) is 8.28. The minimum Gasteiger partial charge on any atom is -0.393 e. The number of hydrogen-bond acceptors (Lipinski definition) is 5. The van der Waals surface area contributed by atoms with Crippen LogP contribution in [0.4, 0.5) is 5.69 Å². The molecular weight excluding hydrogens is 322 g/mol. The number of piperidine rings is 1. The molecule has 0 radical (unpaired) electrons. The van der Waals surface area contributed by atoms with E-state index < -0.39 is 0 Å². The Morgan fingerprint density at radius 3 is 2.92 bits per heavy atom. The summed E-state index contributed by atoms with van der Waals surface area (Å²) < 4.78 is 0. The fourth-order valence-corrected chi connectivity index (χ4v) is 3.80. The van der Waals surface area contributed by atoms with Crippen molar-refractivity contribution in [1.29, 1.82) is 0 Å². The lowest BCUT2D eigenvalue weighted by Crippen LogP contribution is -2.39. The van der Waals surface area contributed by atoms with Gasteiger partial charge in [0.2, 0.25) is 5.91 Å². The zero-order valence-electron chi connectivity index (χ0n) is 13.8. The second kappa shape index (κ2) is 7.88. The number of amides is 1. The predicted molar refractivity (Wildman–Crippen MR) is 96.1 cm³/mol. The van der Waals surface area contributed by atoms with Gasteiger partial charge < -0.3 is 10.4 Å². The molecule has 2 aromatic rings. The average molecular weight is 345 g/mol. The Kier molecular flexibility index (Phi) is 5.60. The number of nitrogens with zero attached hydrogens (tertiary/aromatic N) is 2. The first-order chi connectivity index (χ1) is 11.6. The minimum atomic E-state index is -0.212. The van der Waals surface area contributed by atoms with E-state index in [2.05, 4.69) is 26.6 Å². The van der Waals surface area contributed by atoms with E-state index in [0.717, 1.165) is 37.2 Å². The number of thiophene rings is 1. The van der Waals surface area contributed by atoms with Crippen LogP contribution in [0.25, 0.3) is 0 Å². The maximum absolute atomic E-state index is 12.6. The van der Waals surface area contributed by atoms with Crippen LogP contribution in [0.2, 0.25) is 0 Å². The number of carbonyl (C=O) groups excluding carboxylic acids is 1. The van der Waals surface area contributed by atoms with E-state index >= 15 is 0 Å². The third kappa shape index (κ3) is 4.20. The standard InChI is InChI=1S/C18H23N3O2S/c1-13-2-6-19-11-16(13)20-18(23)10-17(14-5-9-24-12-14)21-7-3-15(22)4-8-21/h2,5-6,9,11-12,15,17,22H,3-4,7-8,10H2,1H3,(H,20,23)/t17-/m1/s1. The summed E-state index contributed by atoms with van der Waals surface area (Å²) in [5.74, 6) is -0.00609. The number of carbonyl (C=O) groups is 1. The summed E-state index contributed by atoms with van der Waals surface area (Å²) in [5, 5.41) is 16.9. The van der Waals surface area contributed by atoms with E-state index in [4.69, 9.17) is 0 Å². The van der Waals surface area contributed by atoms with Crippen molar-refractivity contribution in [2.75, 3.05) is 18.4 Å². The maximum atomic E-state index is 12.6. The van der Waals surface area contributed by atoms with Crippen molar-refractivity contribution in [3.05, 3.63) is 46.4 Å². The number of aromatic nitrogens is 1. The van der Waals surface area contributed by atoms with Gasteiger partial charge in [-0.15, -0.1) is 0 Å². The Balaban J connectivity index is 1.70. The second-order valence-electron chi connectivity index (χ2n) is 6.28. The maximum Gasteiger partial charge on any atom is 0.226 e. The van der Waals surface area contributed by atoms with E-state index in [1.807, 2.05) is 18.4 Å². The summed E-state index contributed by atoms with van der Waals surface area (Å²) in [6.45, 7) is 3.60. The highest BCUT2D eigenvalue weighted by molar-refractivity contribution is 7.08. The predicted octanol–water partition coefficient (Wildman–Crippen LogP) is 2.98. The van der Waals surface area contributed by atoms with Crippen molar-refractivity contribution in [2.24, 2.45) is 0 Å². The van der Waals surface area contributed by atoms with Crippen LogP contribution in [0.5, 0.6) is 0 Å². The third-order valence-corrected chi connectivity index (χ3v) is 5.26. The number of nitrogens with one attached hydrogen (secondary N) is 1. The Morgan fingerprint density at radius 2 is 2.25 bits per heavy atom. The van der Waals surface area contributed by atoms with Gasteiger partial charge in [0, 0.05) is 31.7 Å². The molecule has 1 aliphatic heterocycles. The van der Waals surface area contributed by atoms with E-state index in [9.17, 15) is 9.90 Å². The van der Waals surface area contributed by atoms with Gasteiger partial charge in [-0.1, -0.05) is 0 Å². The number of rotatable bonds is 5. The van der Waals surface area contributed by atoms with E-state index in [1.54, 1.807) is 23.7 Å². The number of aryl methyl sites for hydroxylation is 1. The zero-order valence-corrected chi connectivity index (χ0v) is 14.6. The van der Waals surface area contributed by atoms with Crippen LogP contribution in [0.3, 0.4) is 0 Å². The lowest BCUT2D eigenvalue weighted by molar-refractivity contribution is -0.117. The van der Waals surface area contributed by atoms with Gasteiger partial charge in [0.1, 0.15) is 0 Å². The highest BCUT2D eigenvalue weighted by Gasteiger charge is 2.27. The Bertz CT molecular complexity index is 667. The number of anilines is 1. The van der Waals surface area contributed by atoms with Crippen molar-refractivity contribution in [3.63, 3.8) is 0 Å². The number of aliphatic hydroxyl groups is 1. The zero-order chi connectivity index (χ0) is 16.9. The van der Waals surface area contributed by atoms with Crippen LogP contribution in [-0.2, 0) is 4.79 Å². The van der Waals surface area contributed by atoms with Crippen LogP contribution in [0, 0.1) is 6.92 Å². The van der Waals surface area contributed by atoms with Crippen molar-refractivity contribution >= 4 is 22.9 Å². The van der Waals surface area contributed by atoms with Gasteiger partial charge in [0.05, 0.1) is 18.0 Å². The molecule has 128 valence electrons. The summed E-state index contributed by atoms with van der Waals surface area (Å²) in [4.78, 5) is 19.0. The molecule has 3 heterocycles. The van der Waals surface area contributed by atoms with Crippen molar-refractivity contribution < 1.29 is 9.90 Å². The molecule has 1 atom stereocenters. The summed E-state index contributed by atoms with van der Waals surface area (Å²) in [5.41, 5.74) is 2.95. The number of likely N-dealkylation sites (tertiary alicyclic amines) is 1. The largest absolute Gasteiger partial charge is 0.393 e. The quantitative estimate of drug-likeness (QED) is 0.874. The molecule has 0 spiro atoms. The van der Waals surface area contributed by atoms with Crippen molar-refractivity contribution in [2.45, 2.75) is 38.3 Å². The van der Waals surface area contributed by atoms with Gasteiger partial charge in [-0.25, -0.2) is 0 Å². The Labute approximate surface area is 146 Å². The molecule has 2 N–H and O–H groups in total. The number of hydrogen-bond donors (Lipinski definition) is 2. The first-order valence-corrected chi connectivity index (χ1v) is 9.22. The molecule has 6 heteroatoms.